The van der Waals surface area contributed by atoms with Crippen molar-refractivity contribution in [1.29, 1.82) is 0 Å². The number of nitrogens with one attached hydrogen (secondary N) is 2. The number of hydrogen-bond acceptors (Lipinski definition) is 4. The van der Waals surface area contributed by atoms with Gasteiger partial charge in [-0.05, 0) is 42.5 Å². The molecule has 0 saturated heterocycles. The van der Waals surface area contributed by atoms with E-state index in [2.05, 4.69) is 14.7 Å². The second kappa shape index (κ2) is 6.01. The van der Waals surface area contributed by atoms with Gasteiger partial charge in [-0.15, -0.1) is 0 Å². The maximum Gasteiger partial charge on any atom is 0.387 e. The first kappa shape index (κ1) is 14.9. The maximum absolute atomic E-state index is 12.1. The summed E-state index contributed by atoms with van der Waals surface area (Å²) >= 11 is 0. The second-order valence-electron chi connectivity index (χ2n) is 4.66. The first-order valence-electron chi connectivity index (χ1n) is 6.56. The van der Waals surface area contributed by atoms with Crippen LogP contribution in [0.4, 0.5) is 8.78 Å². The molecule has 0 saturated carbocycles. The van der Waals surface area contributed by atoms with Crippen LogP contribution in [0.5, 0.6) is 5.75 Å². The van der Waals surface area contributed by atoms with E-state index >= 15 is 0 Å². The average Bonchev–Trinajstić information content (AvgIpc) is 2.97. The molecule has 23 heavy (non-hydrogen) atoms. The third-order valence-electron chi connectivity index (χ3n) is 3.20. The van der Waals surface area contributed by atoms with Crippen molar-refractivity contribution in [2.24, 2.45) is 0 Å². The van der Waals surface area contributed by atoms with Gasteiger partial charge in [0.25, 0.3) is 5.91 Å². The number of hydrogen-bond donors (Lipinski definition) is 3. The lowest BCUT2D eigenvalue weighted by Crippen LogP contribution is -2.18. The summed E-state index contributed by atoms with van der Waals surface area (Å²) in [6, 6.07) is 10.7. The van der Waals surface area contributed by atoms with Gasteiger partial charge in [0.05, 0.1) is 11.0 Å². The number of alkyl halides is 2. The smallest absolute Gasteiger partial charge is 0.387 e. The number of nitrogens with zero attached hydrogens (tertiary/aromatic N) is 1. The fourth-order valence-corrected chi connectivity index (χ4v) is 2.15. The van der Waals surface area contributed by atoms with Crippen LogP contribution in [0.3, 0.4) is 0 Å². The number of hydroxylamine groups is 1. The Bertz CT molecular complexity index is 847. The molecule has 3 aromatic rings. The third-order valence-corrected chi connectivity index (χ3v) is 3.20. The number of imidazole rings is 1. The molecule has 8 heteroatoms. The van der Waals surface area contributed by atoms with Gasteiger partial charge in [-0.2, -0.15) is 8.78 Å². The quantitative estimate of drug-likeness (QED) is 0.510. The van der Waals surface area contributed by atoms with Gasteiger partial charge in [0.2, 0.25) is 0 Å². The van der Waals surface area contributed by atoms with Gasteiger partial charge < -0.3 is 9.72 Å². The Hall–Kier alpha value is -3.00. The van der Waals surface area contributed by atoms with Gasteiger partial charge in [0, 0.05) is 11.1 Å². The van der Waals surface area contributed by atoms with E-state index in [0.717, 1.165) is 0 Å². The minimum Gasteiger partial charge on any atom is -0.435 e. The first-order chi connectivity index (χ1) is 11.1. The Morgan fingerprint density at radius 2 is 1.96 bits per heavy atom. The van der Waals surface area contributed by atoms with Crippen LogP contribution in [0.2, 0.25) is 0 Å². The summed E-state index contributed by atoms with van der Waals surface area (Å²) in [4.78, 5) is 18.8. The fraction of sp³-hybridized carbons (Fsp3) is 0.0667. The summed E-state index contributed by atoms with van der Waals surface area (Å²) in [7, 11) is 0. The van der Waals surface area contributed by atoms with Crippen LogP contribution in [-0.4, -0.2) is 27.7 Å². The Labute approximate surface area is 128 Å². The molecule has 0 aliphatic rings. The van der Waals surface area contributed by atoms with Crippen molar-refractivity contribution in [1.82, 2.24) is 15.4 Å². The largest absolute Gasteiger partial charge is 0.435 e. The third kappa shape index (κ3) is 3.11. The van der Waals surface area contributed by atoms with Crippen LogP contribution >= 0.6 is 0 Å². The molecule has 0 radical (unpaired) electrons. The monoisotopic (exact) mass is 319 g/mol. The zero-order valence-corrected chi connectivity index (χ0v) is 11.6. The van der Waals surface area contributed by atoms with Gasteiger partial charge in [-0.1, -0.05) is 0 Å². The van der Waals surface area contributed by atoms with Gasteiger partial charge in [0.15, 0.2) is 0 Å². The van der Waals surface area contributed by atoms with Gasteiger partial charge >= 0.3 is 6.61 Å². The average molecular weight is 319 g/mol. The molecule has 118 valence electrons. The first-order valence-corrected chi connectivity index (χ1v) is 6.56. The van der Waals surface area contributed by atoms with Crippen LogP contribution in [-0.2, 0) is 0 Å². The number of halogens is 2. The summed E-state index contributed by atoms with van der Waals surface area (Å²) in [6.45, 7) is -2.87. The highest BCUT2D eigenvalue weighted by atomic mass is 19.3. The number of aromatic amines is 1. The predicted octanol–water partition coefficient (Wildman–Crippen LogP) is 2.95. The van der Waals surface area contributed by atoms with Gasteiger partial charge in [0.1, 0.15) is 11.6 Å². The van der Waals surface area contributed by atoms with E-state index in [1.54, 1.807) is 29.7 Å². The number of aromatic nitrogens is 2. The Balaban J connectivity index is 1.92. The molecule has 0 aliphatic heterocycles. The Kier molecular flexibility index (Phi) is 3.90. The lowest BCUT2D eigenvalue weighted by Gasteiger charge is -2.04. The van der Waals surface area contributed by atoms with Crippen molar-refractivity contribution in [3.05, 3.63) is 48.0 Å². The Morgan fingerprint density at radius 1 is 1.22 bits per heavy atom. The number of rotatable bonds is 4. The summed E-state index contributed by atoms with van der Waals surface area (Å²) in [6.07, 6.45) is 0. The number of carbonyl (C=O) groups is 1. The van der Waals surface area contributed by atoms with Crippen molar-refractivity contribution in [3.8, 4) is 17.1 Å². The molecule has 3 N–H and O–H groups in total. The van der Waals surface area contributed by atoms with E-state index in [1.165, 1.54) is 18.2 Å². The number of fused-ring (bicyclic) bond motifs is 1. The van der Waals surface area contributed by atoms with Crippen LogP contribution in [0.1, 0.15) is 10.4 Å². The van der Waals surface area contributed by atoms with Crippen molar-refractivity contribution < 1.29 is 23.5 Å². The number of H-pyrrole nitrogens is 1. The Morgan fingerprint density at radius 3 is 2.61 bits per heavy atom. The lowest BCUT2D eigenvalue weighted by molar-refractivity contribution is -0.0498. The number of ether oxygens (including phenoxy) is 1. The van der Waals surface area contributed by atoms with E-state index in [1.807, 2.05) is 0 Å². The molecule has 2 aromatic carbocycles. The van der Waals surface area contributed by atoms with E-state index in [0.29, 0.717) is 22.4 Å². The molecular weight excluding hydrogens is 308 g/mol. The number of benzene rings is 2. The second-order valence-corrected chi connectivity index (χ2v) is 4.66. The lowest BCUT2D eigenvalue weighted by atomic mass is 10.2. The van der Waals surface area contributed by atoms with Crippen LogP contribution < -0.4 is 10.2 Å². The highest BCUT2D eigenvalue weighted by Crippen LogP contribution is 2.24. The zero-order valence-electron chi connectivity index (χ0n) is 11.6. The SMILES string of the molecule is O=C(NO)c1ccc2nc(-c3ccc(OC(F)F)cc3)[nH]c2c1. The van der Waals surface area contributed by atoms with E-state index in [9.17, 15) is 13.6 Å². The summed E-state index contributed by atoms with van der Waals surface area (Å²) in [5.74, 6) is -0.0523. The molecule has 3 rings (SSSR count). The molecule has 0 aliphatic carbocycles. The molecular formula is C15H11F2N3O3. The number of amides is 1. The van der Waals surface area contributed by atoms with E-state index in [-0.39, 0.29) is 11.3 Å². The molecule has 6 nitrogen and oxygen atoms in total. The van der Waals surface area contributed by atoms with Crippen LogP contribution in [0, 0.1) is 0 Å². The normalized spacial score (nSPS) is 11.0. The minimum absolute atomic E-state index is 0.0572. The van der Waals surface area contributed by atoms with Gasteiger partial charge in [-0.25, -0.2) is 10.5 Å². The molecule has 0 fully saturated rings. The molecule has 1 heterocycles. The maximum atomic E-state index is 12.1. The van der Waals surface area contributed by atoms with Crippen molar-refractivity contribution in [2.45, 2.75) is 6.61 Å². The highest BCUT2D eigenvalue weighted by molar-refractivity contribution is 5.97. The fourth-order valence-electron chi connectivity index (χ4n) is 2.15. The zero-order chi connectivity index (χ0) is 16.4. The molecule has 0 unspecified atom stereocenters. The molecule has 0 spiro atoms. The van der Waals surface area contributed by atoms with Crippen molar-refractivity contribution >= 4 is 16.9 Å². The molecule has 0 atom stereocenters. The topological polar surface area (TPSA) is 87.2 Å². The van der Waals surface area contributed by atoms with Crippen LogP contribution in [0.15, 0.2) is 42.5 Å². The van der Waals surface area contributed by atoms with Crippen molar-refractivity contribution in [2.75, 3.05) is 0 Å². The minimum atomic E-state index is -2.87. The van der Waals surface area contributed by atoms with Gasteiger partial charge in [-0.3, -0.25) is 10.0 Å². The number of carbonyl (C=O) groups excluding carboxylic acids is 1. The standard InChI is InChI=1S/C15H11F2N3O3/c16-15(17)23-10-4-1-8(2-5-10)13-18-11-6-3-9(14(21)20-22)7-12(11)19-13/h1-7,15,22H,(H,18,19)(H,20,21). The summed E-state index contributed by atoms with van der Waals surface area (Å²) in [5.41, 5.74) is 3.74. The molecule has 1 aromatic heterocycles. The predicted molar refractivity (Wildman–Crippen MR) is 77.4 cm³/mol. The summed E-state index contributed by atoms with van der Waals surface area (Å²) in [5, 5.41) is 8.64. The molecule has 0 bridgehead atoms. The van der Waals surface area contributed by atoms with E-state index < -0.39 is 12.5 Å². The molecule has 1 amide bonds. The van der Waals surface area contributed by atoms with E-state index in [4.69, 9.17) is 5.21 Å². The summed E-state index contributed by atoms with van der Waals surface area (Å²) < 4.78 is 28.5. The van der Waals surface area contributed by atoms with Crippen molar-refractivity contribution in [3.63, 3.8) is 0 Å². The van der Waals surface area contributed by atoms with Crippen LogP contribution in [0.25, 0.3) is 22.4 Å². The highest BCUT2D eigenvalue weighted by Gasteiger charge is 2.10.